The Morgan fingerprint density at radius 1 is 1.70 bits per heavy atom. The van der Waals surface area contributed by atoms with E-state index in [4.69, 9.17) is 5.11 Å². The van der Waals surface area contributed by atoms with E-state index in [1.165, 1.54) is 12.5 Å². The van der Waals surface area contributed by atoms with Gasteiger partial charge in [0.05, 0.1) is 6.33 Å². The van der Waals surface area contributed by atoms with Gasteiger partial charge in [0.25, 0.3) is 0 Å². The Morgan fingerprint density at radius 3 is 3.00 bits per heavy atom. The van der Waals surface area contributed by atoms with Crippen LogP contribution in [0.15, 0.2) is 24.8 Å². The number of carboxylic acids is 1. The fraction of sp³-hybridized carbons (Fsp3) is 0. The van der Waals surface area contributed by atoms with E-state index < -0.39 is 5.97 Å². The fourth-order valence-electron chi connectivity index (χ4n) is 0.507. The van der Waals surface area contributed by atoms with Crippen molar-refractivity contribution in [2.24, 2.45) is 0 Å². The van der Waals surface area contributed by atoms with Gasteiger partial charge in [-0.2, -0.15) is 0 Å². The van der Waals surface area contributed by atoms with Gasteiger partial charge in [0.15, 0.2) is 0 Å². The van der Waals surface area contributed by atoms with Gasteiger partial charge in [-0.05, 0) is 0 Å². The summed E-state index contributed by atoms with van der Waals surface area (Å²) in [5.41, 5.74) is 0. The highest BCUT2D eigenvalue weighted by molar-refractivity contribution is 5.82. The lowest BCUT2D eigenvalue weighted by Crippen LogP contribution is -1.88. The summed E-state index contributed by atoms with van der Waals surface area (Å²) < 4.78 is 1.55. The first-order valence-electron chi connectivity index (χ1n) is 2.67. The summed E-state index contributed by atoms with van der Waals surface area (Å²) in [6.45, 7) is 0. The molecule has 0 saturated carbocycles. The van der Waals surface area contributed by atoms with E-state index in [1.54, 1.807) is 17.0 Å². The van der Waals surface area contributed by atoms with E-state index in [1.807, 2.05) is 0 Å². The van der Waals surface area contributed by atoms with Crippen molar-refractivity contribution in [1.29, 1.82) is 0 Å². The van der Waals surface area contributed by atoms with Crippen LogP contribution < -0.4 is 0 Å². The monoisotopic (exact) mass is 138 g/mol. The van der Waals surface area contributed by atoms with Gasteiger partial charge in [-0.1, -0.05) is 0 Å². The Morgan fingerprint density at radius 2 is 2.50 bits per heavy atom. The maximum absolute atomic E-state index is 9.97. The summed E-state index contributed by atoms with van der Waals surface area (Å²) in [5, 5.41) is 8.19. The van der Waals surface area contributed by atoms with Gasteiger partial charge in [0.2, 0.25) is 0 Å². The predicted molar refractivity (Wildman–Crippen MR) is 35.2 cm³/mol. The SMILES string of the molecule is O=C(O)/C=C\n1ccnc1. The van der Waals surface area contributed by atoms with Crippen LogP contribution in [-0.2, 0) is 4.79 Å². The maximum atomic E-state index is 9.97. The molecule has 0 aliphatic carbocycles. The number of imidazole rings is 1. The molecule has 52 valence electrons. The second-order valence-corrected chi connectivity index (χ2v) is 1.66. The molecule has 0 aromatic carbocycles. The summed E-state index contributed by atoms with van der Waals surface area (Å²) in [6, 6.07) is 0. The first kappa shape index (κ1) is 6.54. The molecule has 1 heterocycles. The molecule has 4 heteroatoms. The lowest BCUT2D eigenvalue weighted by atomic mass is 10.6. The molecule has 1 aromatic rings. The number of hydrogen-bond donors (Lipinski definition) is 1. The highest BCUT2D eigenvalue weighted by atomic mass is 16.4. The zero-order valence-electron chi connectivity index (χ0n) is 5.14. The van der Waals surface area contributed by atoms with Crippen LogP contribution in [0.25, 0.3) is 6.20 Å². The average molecular weight is 138 g/mol. The lowest BCUT2D eigenvalue weighted by Gasteiger charge is -1.85. The van der Waals surface area contributed by atoms with Crippen molar-refractivity contribution < 1.29 is 9.90 Å². The largest absolute Gasteiger partial charge is 0.478 e. The van der Waals surface area contributed by atoms with Gasteiger partial charge in [0, 0.05) is 24.7 Å². The molecule has 0 radical (unpaired) electrons. The molecule has 0 bridgehead atoms. The third-order valence-corrected chi connectivity index (χ3v) is 0.914. The highest BCUT2D eigenvalue weighted by Gasteiger charge is 1.84. The standard InChI is InChI=1S/C6H6N2O2/c9-6(10)1-3-8-4-2-7-5-8/h1-5H,(H,9,10)/b3-1-. The quantitative estimate of drug-likeness (QED) is 0.603. The van der Waals surface area contributed by atoms with Crippen molar-refractivity contribution in [3.05, 3.63) is 24.8 Å². The minimum atomic E-state index is -0.964. The smallest absolute Gasteiger partial charge is 0.329 e. The Hall–Kier alpha value is -1.58. The molecule has 0 aliphatic rings. The van der Waals surface area contributed by atoms with E-state index in [-0.39, 0.29) is 0 Å². The van der Waals surface area contributed by atoms with Crippen LogP contribution in [0.3, 0.4) is 0 Å². The highest BCUT2D eigenvalue weighted by Crippen LogP contribution is 1.85. The lowest BCUT2D eigenvalue weighted by molar-refractivity contribution is -0.131. The third-order valence-electron chi connectivity index (χ3n) is 0.914. The summed E-state index contributed by atoms with van der Waals surface area (Å²) in [6.07, 6.45) is 7.20. The average Bonchev–Trinajstić information content (AvgIpc) is 2.34. The van der Waals surface area contributed by atoms with Crippen molar-refractivity contribution >= 4 is 12.2 Å². The van der Waals surface area contributed by atoms with Gasteiger partial charge < -0.3 is 9.67 Å². The number of nitrogens with zero attached hydrogens (tertiary/aromatic N) is 2. The molecule has 0 saturated heterocycles. The predicted octanol–water partition coefficient (Wildman–Crippen LogP) is 0.438. The van der Waals surface area contributed by atoms with E-state index in [0.717, 1.165) is 6.08 Å². The molecular formula is C6H6N2O2. The van der Waals surface area contributed by atoms with Crippen LogP contribution in [-0.4, -0.2) is 20.6 Å². The normalized spacial score (nSPS) is 10.4. The summed E-state index contributed by atoms with van der Waals surface area (Å²) in [5.74, 6) is -0.964. The van der Waals surface area contributed by atoms with Crippen LogP contribution >= 0.6 is 0 Å². The molecule has 0 spiro atoms. The number of rotatable bonds is 2. The molecule has 0 amide bonds. The summed E-state index contributed by atoms with van der Waals surface area (Å²) in [7, 11) is 0. The van der Waals surface area contributed by atoms with Gasteiger partial charge >= 0.3 is 5.97 Å². The number of carboxylic acid groups (broad SMARTS) is 1. The molecule has 10 heavy (non-hydrogen) atoms. The molecule has 4 nitrogen and oxygen atoms in total. The maximum Gasteiger partial charge on any atom is 0.329 e. The van der Waals surface area contributed by atoms with Gasteiger partial charge in [-0.3, -0.25) is 0 Å². The molecule has 1 aromatic heterocycles. The zero-order valence-corrected chi connectivity index (χ0v) is 5.14. The molecule has 1 N–H and O–H groups in total. The number of aliphatic carboxylic acids is 1. The van der Waals surface area contributed by atoms with Crippen molar-refractivity contribution in [3.8, 4) is 0 Å². The molecule has 0 aliphatic heterocycles. The number of carbonyl (C=O) groups is 1. The summed E-state index contributed by atoms with van der Waals surface area (Å²) >= 11 is 0. The van der Waals surface area contributed by atoms with Crippen LogP contribution in [0.5, 0.6) is 0 Å². The van der Waals surface area contributed by atoms with Crippen LogP contribution in [0, 0.1) is 0 Å². The first-order valence-corrected chi connectivity index (χ1v) is 2.67. The second-order valence-electron chi connectivity index (χ2n) is 1.66. The molecular weight excluding hydrogens is 132 g/mol. The van der Waals surface area contributed by atoms with Gasteiger partial charge in [-0.15, -0.1) is 0 Å². The number of hydrogen-bond acceptors (Lipinski definition) is 2. The minimum absolute atomic E-state index is 0.964. The Kier molecular flexibility index (Phi) is 1.84. The van der Waals surface area contributed by atoms with Crippen molar-refractivity contribution in [3.63, 3.8) is 0 Å². The fourth-order valence-corrected chi connectivity index (χ4v) is 0.507. The molecule has 0 fully saturated rings. The van der Waals surface area contributed by atoms with Crippen LogP contribution in [0.1, 0.15) is 0 Å². The first-order chi connectivity index (χ1) is 4.79. The molecule has 0 atom stereocenters. The van der Waals surface area contributed by atoms with Crippen molar-refractivity contribution in [1.82, 2.24) is 9.55 Å². The van der Waals surface area contributed by atoms with Gasteiger partial charge in [-0.25, -0.2) is 9.78 Å². The van der Waals surface area contributed by atoms with Crippen molar-refractivity contribution in [2.45, 2.75) is 0 Å². The Bertz CT molecular complexity index is 238. The van der Waals surface area contributed by atoms with E-state index in [0.29, 0.717) is 0 Å². The third kappa shape index (κ3) is 1.74. The van der Waals surface area contributed by atoms with Crippen molar-refractivity contribution in [2.75, 3.05) is 0 Å². The second kappa shape index (κ2) is 2.82. The number of aromatic nitrogens is 2. The Labute approximate surface area is 57.4 Å². The van der Waals surface area contributed by atoms with E-state index in [2.05, 4.69) is 4.98 Å². The van der Waals surface area contributed by atoms with E-state index in [9.17, 15) is 4.79 Å². The van der Waals surface area contributed by atoms with Crippen LogP contribution in [0.2, 0.25) is 0 Å². The summed E-state index contributed by atoms with van der Waals surface area (Å²) in [4.78, 5) is 13.7. The Balaban J connectivity index is 2.64. The topological polar surface area (TPSA) is 55.1 Å². The molecule has 0 unspecified atom stereocenters. The van der Waals surface area contributed by atoms with E-state index >= 15 is 0 Å². The van der Waals surface area contributed by atoms with Gasteiger partial charge in [0.1, 0.15) is 0 Å². The molecule has 1 rings (SSSR count). The zero-order chi connectivity index (χ0) is 7.40. The van der Waals surface area contributed by atoms with Crippen LogP contribution in [0.4, 0.5) is 0 Å². The minimum Gasteiger partial charge on any atom is -0.478 e.